The summed E-state index contributed by atoms with van der Waals surface area (Å²) >= 11 is 0. The van der Waals surface area contributed by atoms with E-state index in [-0.39, 0.29) is 11.8 Å². The molecule has 1 aliphatic rings. The molecule has 0 atom stereocenters. The first-order valence-corrected chi connectivity index (χ1v) is 9.16. The highest BCUT2D eigenvalue weighted by Crippen LogP contribution is 2.27. The first-order chi connectivity index (χ1) is 12.2. The van der Waals surface area contributed by atoms with Gasteiger partial charge in [-0.15, -0.1) is 0 Å². The van der Waals surface area contributed by atoms with Crippen LogP contribution in [0.15, 0.2) is 18.2 Å². The largest absolute Gasteiger partial charge is 0.492 e. The second-order valence-corrected chi connectivity index (χ2v) is 6.25. The molecule has 1 aromatic rings. The SMILES string of the molecule is CCOc1ccc(C(=O)N2CCCCC2)cc1NC(=O)CCCNC. The molecular weight excluding hydrogens is 318 g/mol. The van der Waals surface area contributed by atoms with Crippen LogP contribution in [0.4, 0.5) is 5.69 Å². The maximum Gasteiger partial charge on any atom is 0.253 e. The van der Waals surface area contributed by atoms with Gasteiger partial charge in [0.2, 0.25) is 5.91 Å². The molecule has 2 N–H and O–H groups in total. The summed E-state index contributed by atoms with van der Waals surface area (Å²) in [6, 6.07) is 5.28. The Balaban J connectivity index is 2.11. The zero-order valence-electron chi connectivity index (χ0n) is 15.3. The zero-order valence-corrected chi connectivity index (χ0v) is 15.3. The lowest BCUT2D eigenvalue weighted by molar-refractivity contribution is -0.116. The molecule has 6 heteroatoms. The minimum atomic E-state index is -0.0706. The normalized spacial score (nSPS) is 14.2. The first-order valence-electron chi connectivity index (χ1n) is 9.16. The predicted molar refractivity (Wildman–Crippen MR) is 99.2 cm³/mol. The third kappa shape index (κ3) is 5.74. The molecule has 1 heterocycles. The van der Waals surface area contributed by atoms with Crippen molar-refractivity contribution in [2.75, 3.05) is 38.6 Å². The Morgan fingerprint density at radius 1 is 1.20 bits per heavy atom. The molecule has 0 saturated carbocycles. The molecule has 1 fully saturated rings. The fraction of sp³-hybridized carbons (Fsp3) is 0.579. The Morgan fingerprint density at radius 2 is 1.96 bits per heavy atom. The molecular formula is C19H29N3O3. The topological polar surface area (TPSA) is 70.7 Å². The second kappa shape index (κ2) is 10.0. The van der Waals surface area contributed by atoms with Gasteiger partial charge in [0.25, 0.3) is 5.91 Å². The van der Waals surface area contributed by atoms with E-state index in [1.807, 2.05) is 18.9 Å². The molecule has 2 rings (SSSR count). The predicted octanol–water partition coefficient (Wildman–Crippen LogP) is 2.65. The molecule has 2 amide bonds. The monoisotopic (exact) mass is 347 g/mol. The molecule has 0 unspecified atom stereocenters. The van der Waals surface area contributed by atoms with E-state index in [0.717, 1.165) is 38.9 Å². The van der Waals surface area contributed by atoms with Crippen molar-refractivity contribution in [3.05, 3.63) is 23.8 Å². The van der Waals surface area contributed by atoms with Crippen LogP contribution >= 0.6 is 0 Å². The standard InChI is InChI=1S/C19H29N3O3/c1-3-25-17-10-9-15(19(24)22-12-5-4-6-13-22)14-16(17)21-18(23)8-7-11-20-2/h9-10,14,20H,3-8,11-13H2,1-2H3,(H,21,23). The summed E-state index contributed by atoms with van der Waals surface area (Å²) in [6.07, 6.45) is 4.48. The lowest BCUT2D eigenvalue weighted by atomic mass is 10.1. The smallest absolute Gasteiger partial charge is 0.253 e. The minimum Gasteiger partial charge on any atom is -0.492 e. The highest BCUT2D eigenvalue weighted by molar-refractivity contribution is 5.98. The fourth-order valence-electron chi connectivity index (χ4n) is 2.96. The van der Waals surface area contributed by atoms with Gasteiger partial charge in [-0.25, -0.2) is 0 Å². The van der Waals surface area contributed by atoms with Gasteiger partial charge in [0.15, 0.2) is 0 Å². The summed E-state index contributed by atoms with van der Waals surface area (Å²) in [6.45, 7) is 4.79. The number of amides is 2. The van der Waals surface area contributed by atoms with E-state index in [1.54, 1.807) is 18.2 Å². The Labute approximate surface area is 149 Å². The lowest BCUT2D eigenvalue weighted by Gasteiger charge is -2.27. The number of rotatable bonds is 8. The Bertz CT molecular complexity index is 583. The molecule has 1 aromatic carbocycles. The van der Waals surface area contributed by atoms with E-state index in [2.05, 4.69) is 10.6 Å². The van der Waals surface area contributed by atoms with Gasteiger partial charge < -0.3 is 20.3 Å². The third-order valence-electron chi connectivity index (χ3n) is 4.27. The number of likely N-dealkylation sites (tertiary alicyclic amines) is 1. The van der Waals surface area contributed by atoms with Crippen LogP contribution in [0.3, 0.4) is 0 Å². The minimum absolute atomic E-state index is 0.0217. The number of piperidine rings is 1. The van der Waals surface area contributed by atoms with Gasteiger partial charge in [0.1, 0.15) is 5.75 Å². The molecule has 6 nitrogen and oxygen atoms in total. The van der Waals surface area contributed by atoms with E-state index >= 15 is 0 Å². The van der Waals surface area contributed by atoms with Crippen molar-refractivity contribution in [1.29, 1.82) is 0 Å². The average Bonchev–Trinajstić information content (AvgIpc) is 2.63. The quantitative estimate of drug-likeness (QED) is 0.709. The van der Waals surface area contributed by atoms with Crippen molar-refractivity contribution in [2.24, 2.45) is 0 Å². The average molecular weight is 347 g/mol. The van der Waals surface area contributed by atoms with Gasteiger partial charge in [0.05, 0.1) is 12.3 Å². The number of ether oxygens (including phenoxy) is 1. The molecule has 1 saturated heterocycles. The van der Waals surface area contributed by atoms with Gasteiger partial charge in [-0.05, 0) is 64.4 Å². The highest BCUT2D eigenvalue weighted by atomic mass is 16.5. The Kier molecular flexibility index (Phi) is 7.73. The van der Waals surface area contributed by atoms with Crippen LogP contribution in [0.2, 0.25) is 0 Å². The van der Waals surface area contributed by atoms with E-state index in [9.17, 15) is 9.59 Å². The van der Waals surface area contributed by atoms with Gasteiger partial charge in [-0.3, -0.25) is 9.59 Å². The van der Waals surface area contributed by atoms with E-state index in [1.165, 1.54) is 6.42 Å². The van der Waals surface area contributed by atoms with Crippen LogP contribution in [0.5, 0.6) is 5.75 Å². The van der Waals surface area contributed by atoms with Crippen LogP contribution in [-0.4, -0.2) is 50.0 Å². The number of anilines is 1. The number of carbonyl (C=O) groups is 2. The lowest BCUT2D eigenvalue weighted by Crippen LogP contribution is -2.35. The summed E-state index contributed by atoms with van der Waals surface area (Å²) < 4.78 is 5.59. The van der Waals surface area contributed by atoms with Gasteiger partial charge >= 0.3 is 0 Å². The van der Waals surface area contributed by atoms with E-state index in [0.29, 0.717) is 30.0 Å². The fourth-order valence-corrected chi connectivity index (χ4v) is 2.96. The summed E-state index contributed by atoms with van der Waals surface area (Å²) in [4.78, 5) is 26.7. The number of benzene rings is 1. The maximum atomic E-state index is 12.7. The molecule has 1 aliphatic heterocycles. The van der Waals surface area contributed by atoms with Crippen LogP contribution in [0.25, 0.3) is 0 Å². The van der Waals surface area contributed by atoms with Crippen LogP contribution in [-0.2, 0) is 4.79 Å². The number of hydrogen-bond donors (Lipinski definition) is 2. The van der Waals surface area contributed by atoms with Crippen molar-refractivity contribution in [2.45, 2.75) is 39.0 Å². The summed E-state index contributed by atoms with van der Waals surface area (Å²) in [7, 11) is 1.86. The van der Waals surface area contributed by atoms with Crippen molar-refractivity contribution in [3.63, 3.8) is 0 Å². The molecule has 0 radical (unpaired) electrons. The van der Waals surface area contributed by atoms with E-state index < -0.39 is 0 Å². The molecule has 25 heavy (non-hydrogen) atoms. The number of hydrogen-bond acceptors (Lipinski definition) is 4. The zero-order chi connectivity index (χ0) is 18.1. The molecule has 0 spiro atoms. The van der Waals surface area contributed by atoms with E-state index in [4.69, 9.17) is 4.74 Å². The summed E-state index contributed by atoms with van der Waals surface area (Å²) in [5.41, 5.74) is 1.16. The molecule has 138 valence electrons. The first kappa shape index (κ1) is 19.2. The third-order valence-corrected chi connectivity index (χ3v) is 4.27. The Morgan fingerprint density at radius 3 is 2.64 bits per heavy atom. The van der Waals surface area contributed by atoms with Crippen LogP contribution in [0.1, 0.15) is 49.4 Å². The Hall–Kier alpha value is -2.08. The van der Waals surface area contributed by atoms with Gasteiger partial charge in [0, 0.05) is 25.1 Å². The van der Waals surface area contributed by atoms with Gasteiger partial charge in [-0.2, -0.15) is 0 Å². The van der Waals surface area contributed by atoms with Crippen molar-refractivity contribution >= 4 is 17.5 Å². The number of nitrogens with one attached hydrogen (secondary N) is 2. The van der Waals surface area contributed by atoms with Gasteiger partial charge in [-0.1, -0.05) is 0 Å². The molecule has 0 aliphatic carbocycles. The molecule has 0 aromatic heterocycles. The van der Waals surface area contributed by atoms with Crippen molar-refractivity contribution < 1.29 is 14.3 Å². The van der Waals surface area contributed by atoms with Crippen molar-refractivity contribution in [3.8, 4) is 5.75 Å². The summed E-state index contributed by atoms with van der Waals surface area (Å²) in [5.74, 6) is 0.548. The van der Waals surface area contributed by atoms with Crippen LogP contribution < -0.4 is 15.4 Å². The number of nitrogens with zero attached hydrogens (tertiary/aromatic N) is 1. The highest BCUT2D eigenvalue weighted by Gasteiger charge is 2.20. The molecule has 0 bridgehead atoms. The second-order valence-electron chi connectivity index (χ2n) is 6.25. The van der Waals surface area contributed by atoms with Crippen molar-refractivity contribution in [1.82, 2.24) is 10.2 Å². The van der Waals surface area contributed by atoms with Crippen LogP contribution in [0, 0.1) is 0 Å². The number of carbonyl (C=O) groups excluding carboxylic acids is 2. The maximum absolute atomic E-state index is 12.7. The summed E-state index contributed by atoms with van der Waals surface area (Å²) in [5, 5.41) is 5.91.